The van der Waals surface area contributed by atoms with Crippen molar-refractivity contribution in [3.05, 3.63) is 0 Å². The van der Waals surface area contributed by atoms with Crippen LogP contribution in [0.25, 0.3) is 0 Å². The second kappa shape index (κ2) is 7.10. The molecule has 0 aliphatic heterocycles. The molecular formula is C9H16ClNO2S. The van der Waals surface area contributed by atoms with Crippen molar-refractivity contribution in [1.29, 1.82) is 0 Å². The average Bonchev–Trinajstić information content (AvgIpc) is 2.14. The third-order valence-corrected chi connectivity index (χ3v) is 4.05. The minimum Gasteiger partial charge on any atom is -0.212 e. The Kier molecular flexibility index (Phi) is 6.98. The Morgan fingerprint density at radius 1 is 1.43 bits per heavy atom. The molecular weight excluding hydrogens is 222 g/mol. The van der Waals surface area contributed by atoms with Gasteiger partial charge in [-0.3, -0.25) is 0 Å². The van der Waals surface area contributed by atoms with E-state index in [1.165, 1.54) is 4.31 Å². The number of nitrogens with zero attached hydrogens (tertiary/aromatic N) is 1. The van der Waals surface area contributed by atoms with E-state index in [4.69, 9.17) is 18.0 Å². The Labute approximate surface area is 91.5 Å². The number of hydrogen-bond donors (Lipinski definition) is 0. The van der Waals surface area contributed by atoms with E-state index in [0.29, 0.717) is 25.3 Å². The van der Waals surface area contributed by atoms with Crippen LogP contribution in [0.1, 0.15) is 19.8 Å². The summed E-state index contributed by atoms with van der Waals surface area (Å²) in [5.74, 6) is 2.97. The number of halogens is 1. The van der Waals surface area contributed by atoms with E-state index in [1.807, 2.05) is 0 Å². The van der Waals surface area contributed by atoms with E-state index >= 15 is 0 Å². The third kappa shape index (κ3) is 4.85. The number of unbranched alkanes of at least 4 members (excludes halogenated alkanes) is 1. The number of rotatable bonds is 7. The average molecular weight is 238 g/mol. The van der Waals surface area contributed by atoms with Gasteiger partial charge in [0.1, 0.15) is 0 Å². The molecule has 0 amide bonds. The van der Waals surface area contributed by atoms with E-state index in [-0.39, 0.29) is 12.3 Å². The van der Waals surface area contributed by atoms with Gasteiger partial charge in [0.2, 0.25) is 10.0 Å². The molecule has 0 fully saturated rings. The molecule has 0 radical (unpaired) electrons. The molecule has 0 aromatic heterocycles. The molecule has 3 nitrogen and oxygen atoms in total. The molecule has 0 unspecified atom stereocenters. The maximum atomic E-state index is 11.6. The molecule has 0 atom stereocenters. The number of alkyl halides is 1. The van der Waals surface area contributed by atoms with Crippen LogP contribution < -0.4 is 0 Å². The SMILES string of the molecule is C#CCN(CC)S(=O)(=O)CCCCCl. The zero-order chi connectivity index (χ0) is 11.0. The Balaban J connectivity index is 4.21. The molecule has 0 rings (SSSR count). The summed E-state index contributed by atoms with van der Waals surface area (Å²) in [5, 5.41) is 0. The van der Waals surface area contributed by atoms with Gasteiger partial charge in [-0.2, -0.15) is 4.31 Å². The van der Waals surface area contributed by atoms with Crippen molar-refractivity contribution in [2.24, 2.45) is 0 Å². The van der Waals surface area contributed by atoms with E-state index in [9.17, 15) is 8.42 Å². The first-order valence-corrected chi connectivity index (χ1v) is 6.70. The second-order valence-corrected chi connectivity index (χ2v) is 5.31. The Bertz CT molecular complexity index is 282. The standard InChI is InChI=1S/C9H16ClNO2S/c1-3-8-11(4-2)14(12,13)9-6-5-7-10/h1H,4-9H2,2H3. The fourth-order valence-electron chi connectivity index (χ4n) is 1.02. The predicted octanol–water partition coefficient (Wildman–Crippen LogP) is 1.29. The fraction of sp³-hybridized carbons (Fsp3) is 0.778. The van der Waals surface area contributed by atoms with Crippen molar-refractivity contribution in [1.82, 2.24) is 4.31 Å². The lowest BCUT2D eigenvalue weighted by molar-refractivity contribution is 0.462. The Hall–Kier alpha value is -0.240. The van der Waals surface area contributed by atoms with E-state index in [1.54, 1.807) is 6.92 Å². The van der Waals surface area contributed by atoms with Crippen molar-refractivity contribution in [2.45, 2.75) is 19.8 Å². The predicted molar refractivity (Wildman–Crippen MR) is 59.8 cm³/mol. The zero-order valence-electron chi connectivity index (χ0n) is 8.37. The fourth-order valence-corrected chi connectivity index (χ4v) is 2.70. The summed E-state index contributed by atoms with van der Waals surface area (Å²) in [7, 11) is -3.17. The highest BCUT2D eigenvalue weighted by Gasteiger charge is 2.18. The lowest BCUT2D eigenvalue weighted by Crippen LogP contribution is -2.33. The van der Waals surface area contributed by atoms with Gasteiger partial charge < -0.3 is 0 Å². The minimum atomic E-state index is -3.17. The first-order valence-electron chi connectivity index (χ1n) is 4.55. The summed E-state index contributed by atoms with van der Waals surface area (Å²) >= 11 is 5.46. The lowest BCUT2D eigenvalue weighted by atomic mass is 10.4. The van der Waals surface area contributed by atoms with E-state index in [0.717, 1.165) is 0 Å². The third-order valence-electron chi connectivity index (χ3n) is 1.80. The smallest absolute Gasteiger partial charge is 0.212 e. The van der Waals surface area contributed by atoms with Gasteiger partial charge >= 0.3 is 0 Å². The first-order chi connectivity index (χ1) is 6.58. The molecule has 0 heterocycles. The molecule has 0 bridgehead atoms. The van der Waals surface area contributed by atoms with Crippen molar-refractivity contribution in [3.8, 4) is 12.3 Å². The van der Waals surface area contributed by atoms with Crippen LogP contribution in [0, 0.1) is 12.3 Å². The number of sulfonamides is 1. The molecule has 0 saturated carbocycles. The van der Waals surface area contributed by atoms with Crippen LogP contribution >= 0.6 is 11.6 Å². The van der Waals surface area contributed by atoms with E-state index < -0.39 is 10.0 Å². The van der Waals surface area contributed by atoms with Crippen LogP contribution in [0.3, 0.4) is 0 Å². The summed E-state index contributed by atoms with van der Waals surface area (Å²) in [4.78, 5) is 0. The molecule has 14 heavy (non-hydrogen) atoms. The van der Waals surface area contributed by atoms with Gasteiger partial charge in [0, 0.05) is 12.4 Å². The molecule has 0 spiro atoms. The normalized spacial score (nSPS) is 11.6. The van der Waals surface area contributed by atoms with Gasteiger partial charge in [-0.1, -0.05) is 12.8 Å². The zero-order valence-corrected chi connectivity index (χ0v) is 9.94. The first kappa shape index (κ1) is 13.8. The quantitative estimate of drug-likeness (QED) is 0.380. The van der Waals surface area contributed by atoms with Gasteiger partial charge in [0.25, 0.3) is 0 Å². The van der Waals surface area contributed by atoms with Crippen molar-refractivity contribution < 1.29 is 8.42 Å². The largest absolute Gasteiger partial charge is 0.214 e. The number of hydrogen-bond acceptors (Lipinski definition) is 2. The van der Waals surface area contributed by atoms with Crippen molar-refractivity contribution >= 4 is 21.6 Å². The Morgan fingerprint density at radius 2 is 2.07 bits per heavy atom. The van der Waals surface area contributed by atoms with Gasteiger partial charge in [0.05, 0.1) is 12.3 Å². The van der Waals surface area contributed by atoms with Crippen LogP contribution in [-0.4, -0.2) is 37.4 Å². The molecule has 0 saturated heterocycles. The minimum absolute atomic E-state index is 0.134. The molecule has 0 aliphatic rings. The van der Waals surface area contributed by atoms with Crippen LogP contribution in [0.5, 0.6) is 0 Å². The van der Waals surface area contributed by atoms with Crippen LogP contribution in [-0.2, 0) is 10.0 Å². The molecule has 0 aromatic rings. The molecule has 0 N–H and O–H groups in total. The van der Waals surface area contributed by atoms with Crippen LogP contribution in [0.2, 0.25) is 0 Å². The monoisotopic (exact) mass is 237 g/mol. The molecule has 82 valence electrons. The summed E-state index contributed by atoms with van der Waals surface area (Å²) < 4.78 is 24.5. The van der Waals surface area contributed by atoms with Gasteiger partial charge in [-0.25, -0.2) is 8.42 Å². The maximum absolute atomic E-state index is 11.6. The van der Waals surface area contributed by atoms with Gasteiger partial charge in [-0.05, 0) is 12.8 Å². The van der Waals surface area contributed by atoms with Crippen molar-refractivity contribution in [2.75, 3.05) is 24.7 Å². The van der Waals surface area contributed by atoms with Crippen molar-refractivity contribution in [3.63, 3.8) is 0 Å². The van der Waals surface area contributed by atoms with Crippen LogP contribution in [0.15, 0.2) is 0 Å². The van der Waals surface area contributed by atoms with Gasteiger partial charge in [0.15, 0.2) is 0 Å². The highest BCUT2D eigenvalue weighted by Crippen LogP contribution is 2.04. The number of terminal acetylenes is 1. The summed E-state index contributed by atoms with van der Waals surface area (Å²) in [6.45, 7) is 2.35. The molecule has 5 heteroatoms. The summed E-state index contributed by atoms with van der Waals surface area (Å²) in [6.07, 6.45) is 6.39. The molecule has 0 aromatic carbocycles. The maximum Gasteiger partial charge on any atom is 0.214 e. The Morgan fingerprint density at radius 3 is 2.50 bits per heavy atom. The topological polar surface area (TPSA) is 37.4 Å². The van der Waals surface area contributed by atoms with E-state index in [2.05, 4.69) is 5.92 Å². The lowest BCUT2D eigenvalue weighted by Gasteiger charge is -2.17. The highest BCUT2D eigenvalue weighted by atomic mass is 35.5. The summed E-state index contributed by atoms with van der Waals surface area (Å²) in [6, 6.07) is 0. The highest BCUT2D eigenvalue weighted by molar-refractivity contribution is 7.89. The summed E-state index contributed by atoms with van der Waals surface area (Å²) in [5.41, 5.74) is 0. The second-order valence-electron chi connectivity index (χ2n) is 2.84. The molecule has 0 aliphatic carbocycles. The van der Waals surface area contributed by atoms with Crippen LogP contribution in [0.4, 0.5) is 0 Å². The van der Waals surface area contributed by atoms with Gasteiger partial charge in [-0.15, -0.1) is 18.0 Å².